The molecule has 22 heavy (non-hydrogen) atoms. The van der Waals surface area contributed by atoms with Crippen molar-refractivity contribution in [2.45, 2.75) is 0 Å². The number of carbonyl (C=O) groups is 1. The van der Waals surface area contributed by atoms with E-state index in [4.69, 9.17) is 11.6 Å². The molecule has 2 saturated heterocycles. The molecule has 1 aromatic carbocycles. The monoisotopic (exact) mass is 316 g/mol. The number of halogens is 1. The first kappa shape index (κ1) is 13.8. The Morgan fingerprint density at radius 1 is 1.27 bits per heavy atom. The van der Waals surface area contributed by atoms with Crippen molar-refractivity contribution >= 4 is 17.5 Å². The highest BCUT2D eigenvalue weighted by atomic mass is 35.5. The molecule has 2 aliphatic heterocycles. The standard InChI is InChI=1S/C16H17ClN4O/c17-15-3-2-13(21-5-1-4-19-21)6-14(15)16(22)20-9-11-7-18-8-12(11)10-20/h1-6,11-12,18H,7-10H2. The number of benzene rings is 1. The highest BCUT2D eigenvalue weighted by Gasteiger charge is 2.38. The van der Waals surface area contributed by atoms with Crippen molar-refractivity contribution in [3.63, 3.8) is 0 Å². The summed E-state index contributed by atoms with van der Waals surface area (Å²) in [4.78, 5) is 14.7. The van der Waals surface area contributed by atoms with Crippen LogP contribution in [0.3, 0.4) is 0 Å². The van der Waals surface area contributed by atoms with Gasteiger partial charge in [-0.1, -0.05) is 11.6 Å². The number of hydrogen-bond donors (Lipinski definition) is 1. The highest BCUT2D eigenvalue weighted by Crippen LogP contribution is 2.29. The van der Waals surface area contributed by atoms with Crippen LogP contribution in [0.15, 0.2) is 36.7 Å². The summed E-state index contributed by atoms with van der Waals surface area (Å²) < 4.78 is 1.73. The Morgan fingerprint density at radius 3 is 2.73 bits per heavy atom. The third-order valence-corrected chi connectivity index (χ3v) is 4.96. The predicted octanol–water partition coefficient (Wildman–Crippen LogP) is 1.82. The smallest absolute Gasteiger partial charge is 0.255 e. The van der Waals surface area contributed by atoms with E-state index in [0.29, 0.717) is 22.4 Å². The van der Waals surface area contributed by atoms with Gasteiger partial charge >= 0.3 is 0 Å². The molecule has 1 N–H and O–H groups in total. The number of carbonyl (C=O) groups excluding carboxylic acids is 1. The van der Waals surface area contributed by atoms with Gasteiger partial charge in [-0.05, 0) is 36.1 Å². The molecule has 114 valence electrons. The average molecular weight is 317 g/mol. The molecule has 0 saturated carbocycles. The van der Waals surface area contributed by atoms with Crippen LogP contribution >= 0.6 is 11.6 Å². The van der Waals surface area contributed by atoms with E-state index in [0.717, 1.165) is 31.9 Å². The van der Waals surface area contributed by atoms with Gasteiger partial charge in [0, 0.05) is 38.6 Å². The molecule has 1 aromatic heterocycles. The number of aromatic nitrogens is 2. The van der Waals surface area contributed by atoms with Crippen LogP contribution in [0, 0.1) is 11.8 Å². The molecule has 2 aliphatic rings. The van der Waals surface area contributed by atoms with Crippen molar-refractivity contribution < 1.29 is 4.79 Å². The van der Waals surface area contributed by atoms with E-state index in [9.17, 15) is 4.79 Å². The number of likely N-dealkylation sites (tertiary alicyclic amines) is 1. The highest BCUT2D eigenvalue weighted by molar-refractivity contribution is 6.33. The summed E-state index contributed by atoms with van der Waals surface area (Å²) in [6.45, 7) is 3.66. The molecule has 2 aromatic rings. The van der Waals surface area contributed by atoms with E-state index < -0.39 is 0 Å². The molecule has 1 amide bonds. The van der Waals surface area contributed by atoms with Crippen LogP contribution in [0.4, 0.5) is 0 Å². The summed E-state index contributed by atoms with van der Waals surface area (Å²) >= 11 is 6.26. The molecule has 0 bridgehead atoms. The zero-order chi connectivity index (χ0) is 15.1. The van der Waals surface area contributed by atoms with Crippen LogP contribution in [0.2, 0.25) is 5.02 Å². The van der Waals surface area contributed by atoms with Crippen LogP contribution in [-0.2, 0) is 0 Å². The largest absolute Gasteiger partial charge is 0.338 e. The predicted molar refractivity (Wildman–Crippen MR) is 84.3 cm³/mol. The quantitative estimate of drug-likeness (QED) is 0.919. The zero-order valence-corrected chi connectivity index (χ0v) is 12.8. The Labute approximate surface area is 133 Å². The Morgan fingerprint density at radius 2 is 2.05 bits per heavy atom. The number of nitrogens with zero attached hydrogens (tertiary/aromatic N) is 3. The average Bonchev–Trinajstić information content (AvgIpc) is 3.23. The molecule has 0 spiro atoms. The molecule has 6 heteroatoms. The fraction of sp³-hybridized carbons (Fsp3) is 0.375. The molecular weight excluding hydrogens is 300 g/mol. The van der Waals surface area contributed by atoms with Crippen molar-refractivity contribution in [3.8, 4) is 5.69 Å². The van der Waals surface area contributed by atoms with Crippen molar-refractivity contribution in [2.24, 2.45) is 11.8 Å². The Hall–Kier alpha value is -1.85. The Bertz CT molecular complexity index is 688. The summed E-state index contributed by atoms with van der Waals surface area (Å²) in [5.74, 6) is 1.18. The molecule has 2 unspecified atom stereocenters. The topological polar surface area (TPSA) is 50.2 Å². The molecule has 2 atom stereocenters. The number of rotatable bonds is 2. The minimum atomic E-state index is 0.0217. The van der Waals surface area contributed by atoms with E-state index in [2.05, 4.69) is 10.4 Å². The molecule has 3 heterocycles. The third-order valence-electron chi connectivity index (χ3n) is 4.63. The van der Waals surface area contributed by atoms with Gasteiger partial charge in [-0.25, -0.2) is 4.68 Å². The van der Waals surface area contributed by atoms with Gasteiger partial charge in [-0.15, -0.1) is 0 Å². The van der Waals surface area contributed by atoms with Gasteiger partial charge in [0.2, 0.25) is 0 Å². The Balaban J connectivity index is 1.61. The third kappa shape index (κ3) is 2.30. The molecule has 0 aliphatic carbocycles. The maximum absolute atomic E-state index is 12.8. The molecule has 2 fully saturated rings. The molecule has 0 radical (unpaired) electrons. The van der Waals surface area contributed by atoms with E-state index >= 15 is 0 Å². The zero-order valence-electron chi connectivity index (χ0n) is 12.1. The van der Waals surface area contributed by atoms with Gasteiger partial charge in [0.1, 0.15) is 0 Å². The van der Waals surface area contributed by atoms with Crippen molar-refractivity contribution in [1.82, 2.24) is 20.0 Å². The number of amides is 1. The SMILES string of the molecule is O=C(c1cc(-n2cccn2)ccc1Cl)N1CC2CNCC2C1. The van der Waals surface area contributed by atoms with E-state index in [1.165, 1.54) is 0 Å². The first-order chi connectivity index (χ1) is 10.7. The first-order valence-electron chi connectivity index (χ1n) is 7.52. The van der Waals surface area contributed by atoms with Gasteiger partial charge in [0.15, 0.2) is 0 Å². The van der Waals surface area contributed by atoms with Crippen molar-refractivity contribution in [3.05, 3.63) is 47.2 Å². The fourth-order valence-electron chi connectivity index (χ4n) is 3.43. The molecular formula is C16H17ClN4O. The molecule has 5 nitrogen and oxygen atoms in total. The van der Waals surface area contributed by atoms with Crippen LogP contribution < -0.4 is 5.32 Å². The van der Waals surface area contributed by atoms with Crippen molar-refractivity contribution in [2.75, 3.05) is 26.2 Å². The van der Waals surface area contributed by atoms with Crippen molar-refractivity contribution in [1.29, 1.82) is 0 Å². The van der Waals surface area contributed by atoms with Crippen LogP contribution in [0.25, 0.3) is 5.69 Å². The first-order valence-corrected chi connectivity index (χ1v) is 7.90. The number of hydrogen-bond acceptors (Lipinski definition) is 3. The van der Waals surface area contributed by atoms with Gasteiger partial charge in [0.25, 0.3) is 5.91 Å². The van der Waals surface area contributed by atoms with E-state index in [-0.39, 0.29) is 5.91 Å². The normalized spacial score (nSPS) is 23.8. The summed E-state index contributed by atoms with van der Waals surface area (Å²) in [5, 5.41) is 8.08. The fourth-order valence-corrected chi connectivity index (χ4v) is 3.63. The lowest BCUT2D eigenvalue weighted by molar-refractivity contribution is 0.0782. The minimum Gasteiger partial charge on any atom is -0.338 e. The Kier molecular flexibility index (Phi) is 3.39. The van der Waals surface area contributed by atoms with Crippen LogP contribution in [0.5, 0.6) is 0 Å². The molecule has 4 rings (SSSR count). The summed E-state index contributed by atoms with van der Waals surface area (Å²) in [5.41, 5.74) is 1.40. The second-order valence-electron chi connectivity index (χ2n) is 6.00. The lowest BCUT2D eigenvalue weighted by Gasteiger charge is -2.18. The number of nitrogens with one attached hydrogen (secondary N) is 1. The second kappa shape index (κ2) is 5.41. The van der Waals surface area contributed by atoms with E-state index in [1.54, 1.807) is 16.9 Å². The van der Waals surface area contributed by atoms with Gasteiger partial charge < -0.3 is 10.2 Å². The second-order valence-corrected chi connectivity index (χ2v) is 6.41. The van der Waals surface area contributed by atoms with Crippen LogP contribution in [0.1, 0.15) is 10.4 Å². The number of fused-ring (bicyclic) bond motifs is 1. The lowest BCUT2D eigenvalue weighted by Crippen LogP contribution is -2.32. The van der Waals surface area contributed by atoms with Crippen LogP contribution in [-0.4, -0.2) is 46.8 Å². The lowest BCUT2D eigenvalue weighted by atomic mass is 10.0. The van der Waals surface area contributed by atoms with Gasteiger partial charge in [-0.2, -0.15) is 5.10 Å². The maximum Gasteiger partial charge on any atom is 0.255 e. The summed E-state index contributed by atoms with van der Waals surface area (Å²) in [7, 11) is 0. The van der Waals surface area contributed by atoms with Gasteiger partial charge in [0.05, 0.1) is 16.3 Å². The summed E-state index contributed by atoms with van der Waals surface area (Å²) in [6, 6.07) is 7.31. The minimum absolute atomic E-state index is 0.0217. The van der Waals surface area contributed by atoms with E-state index in [1.807, 2.05) is 29.3 Å². The summed E-state index contributed by atoms with van der Waals surface area (Å²) in [6.07, 6.45) is 3.56. The maximum atomic E-state index is 12.8. The van der Waals surface area contributed by atoms with Gasteiger partial charge in [-0.3, -0.25) is 4.79 Å².